The smallest absolute Gasteiger partial charge is 0.310 e. The quantitative estimate of drug-likeness (QED) is 0.658. The summed E-state index contributed by atoms with van der Waals surface area (Å²) in [5, 5.41) is 3.95. The van der Waals surface area contributed by atoms with E-state index in [1.165, 1.54) is 0 Å². The number of hydrogen-bond donors (Lipinski definition) is 1. The maximum atomic E-state index is 11.9. The first kappa shape index (κ1) is 17.5. The van der Waals surface area contributed by atoms with Gasteiger partial charge in [-0.2, -0.15) is 0 Å². The van der Waals surface area contributed by atoms with Crippen molar-refractivity contribution < 1.29 is 14.3 Å². The molecule has 1 N–H and O–H groups in total. The Morgan fingerprint density at radius 3 is 2.78 bits per heavy atom. The van der Waals surface area contributed by atoms with Gasteiger partial charge in [-0.05, 0) is 49.7 Å². The second kappa shape index (κ2) is 8.72. The van der Waals surface area contributed by atoms with Crippen LogP contribution in [0.25, 0.3) is 0 Å². The summed E-state index contributed by atoms with van der Waals surface area (Å²) in [6.07, 6.45) is 1.82. The number of piperidine rings is 1. The van der Waals surface area contributed by atoms with Gasteiger partial charge in [-0.3, -0.25) is 4.79 Å². The lowest BCUT2D eigenvalue weighted by Crippen LogP contribution is -2.47. The Balaban J connectivity index is 1.83. The molecule has 0 amide bonds. The van der Waals surface area contributed by atoms with E-state index in [1.54, 1.807) is 7.11 Å². The SMILES string of the molecule is CCOC(=O)C1CCCN(C(=S)NCc2ccc(OC)cc2)C1. The molecule has 1 heterocycles. The molecule has 5 nitrogen and oxygen atoms in total. The van der Waals surface area contributed by atoms with Crippen molar-refractivity contribution in [1.82, 2.24) is 10.2 Å². The number of nitrogens with one attached hydrogen (secondary N) is 1. The Hall–Kier alpha value is -1.82. The van der Waals surface area contributed by atoms with Crippen molar-refractivity contribution in [3.63, 3.8) is 0 Å². The number of likely N-dealkylation sites (tertiary alicyclic amines) is 1. The first-order valence-electron chi connectivity index (χ1n) is 7.96. The van der Waals surface area contributed by atoms with Crippen LogP contribution in [-0.2, 0) is 16.1 Å². The van der Waals surface area contributed by atoms with E-state index < -0.39 is 0 Å². The van der Waals surface area contributed by atoms with Crippen molar-refractivity contribution in [1.29, 1.82) is 0 Å². The standard InChI is InChI=1S/C17H24N2O3S/c1-3-22-16(20)14-5-4-10-19(12-14)17(23)18-11-13-6-8-15(21-2)9-7-13/h6-9,14H,3-5,10-12H2,1-2H3,(H,18,23). The zero-order chi connectivity index (χ0) is 16.7. The fraction of sp³-hybridized carbons (Fsp3) is 0.529. The molecule has 1 aromatic carbocycles. The molecule has 1 aliphatic heterocycles. The van der Waals surface area contributed by atoms with Crippen LogP contribution in [0.2, 0.25) is 0 Å². The third kappa shape index (κ3) is 5.10. The van der Waals surface area contributed by atoms with Gasteiger partial charge in [0.1, 0.15) is 5.75 Å². The van der Waals surface area contributed by atoms with Crippen molar-refractivity contribution in [2.45, 2.75) is 26.3 Å². The number of hydrogen-bond acceptors (Lipinski definition) is 4. The lowest BCUT2D eigenvalue weighted by Gasteiger charge is -2.33. The number of carbonyl (C=O) groups is 1. The highest BCUT2D eigenvalue weighted by atomic mass is 32.1. The van der Waals surface area contributed by atoms with Crippen molar-refractivity contribution in [2.75, 3.05) is 26.8 Å². The van der Waals surface area contributed by atoms with Crippen LogP contribution in [0.15, 0.2) is 24.3 Å². The fourth-order valence-corrected chi connectivity index (χ4v) is 2.88. The van der Waals surface area contributed by atoms with Crippen molar-refractivity contribution in [2.24, 2.45) is 5.92 Å². The fourth-order valence-electron chi connectivity index (χ4n) is 2.65. The first-order chi connectivity index (χ1) is 11.1. The van der Waals surface area contributed by atoms with E-state index in [2.05, 4.69) is 10.2 Å². The molecule has 0 saturated carbocycles. The third-order valence-electron chi connectivity index (χ3n) is 3.93. The predicted molar refractivity (Wildman–Crippen MR) is 93.4 cm³/mol. The number of esters is 1. The molecule has 1 saturated heterocycles. The van der Waals surface area contributed by atoms with Gasteiger partial charge < -0.3 is 19.7 Å². The summed E-state index contributed by atoms with van der Waals surface area (Å²) in [6.45, 7) is 4.43. The van der Waals surface area contributed by atoms with Crippen molar-refractivity contribution in [3.05, 3.63) is 29.8 Å². The maximum Gasteiger partial charge on any atom is 0.310 e. The van der Waals surface area contributed by atoms with Crippen molar-refractivity contribution in [3.8, 4) is 5.75 Å². The Morgan fingerprint density at radius 1 is 1.39 bits per heavy atom. The van der Waals surface area contributed by atoms with Crippen LogP contribution < -0.4 is 10.1 Å². The van der Waals surface area contributed by atoms with E-state index in [0.29, 0.717) is 24.8 Å². The average Bonchev–Trinajstić information content (AvgIpc) is 2.60. The molecule has 1 aromatic rings. The van der Waals surface area contributed by atoms with E-state index in [0.717, 1.165) is 30.7 Å². The minimum Gasteiger partial charge on any atom is -0.497 e. The van der Waals surface area contributed by atoms with Gasteiger partial charge in [-0.25, -0.2) is 0 Å². The highest BCUT2D eigenvalue weighted by molar-refractivity contribution is 7.80. The number of nitrogens with zero attached hydrogens (tertiary/aromatic N) is 1. The Labute approximate surface area is 142 Å². The normalized spacial score (nSPS) is 17.5. The van der Waals surface area contributed by atoms with Gasteiger partial charge in [0.2, 0.25) is 0 Å². The Bertz CT molecular complexity index is 533. The minimum absolute atomic E-state index is 0.0792. The number of methoxy groups -OCH3 is 1. The first-order valence-corrected chi connectivity index (χ1v) is 8.37. The average molecular weight is 336 g/mol. The summed E-state index contributed by atoms with van der Waals surface area (Å²) in [7, 11) is 1.65. The summed E-state index contributed by atoms with van der Waals surface area (Å²) in [5.41, 5.74) is 1.13. The topological polar surface area (TPSA) is 50.8 Å². The highest BCUT2D eigenvalue weighted by Crippen LogP contribution is 2.18. The van der Waals surface area contributed by atoms with Crippen LogP contribution in [0, 0.1) is 5.92 Å². The summed E-state index contributed by atoms with van der Waals surface area (Å²) in [4.78, 5) is 13.9. The molecule has 126 valence electrons. The molecular weight excluding hydrogens is 312 g/mol. The molecule has 6 heteroatoms. The molecule has 1 aliphatic rings. The van der Waals surface area contributed by atoms with E-state index >= 15 is 0 Å². The Morgan fingerprint density at radius 2 is 2.13 bits per heavy atom. The van der Waals surface area contributed by atoms with Gasteiger partial charge in [0, 0.05) is 19.6 Å². The Kier molecular flexibility index (Phi) is 6.65. The molecule has 0 spiro atoms. The number of carbonyl (C=O) groups excluding carboxylic acids is 1. The minimum atomic E-state index is -0.116. The van der Waals surface area contributed by atoms with Crippen LogP contribution in [0.4, 0.5) is 0 Å². The molecule has 0 bridgehead atoms. The maximum absolute atomic E-state index is 11.9. The second-order valence-corrected chi connectivity index (χ2v) is 5.93. The number of benzene rings is 1. The monoisotopic (exact) mass is 336 g/mol. The van der Waals surface area contributed by atoms with Gasteiger partial charge >= 0.3 is 5.97 Å². The summed E-state index contributed by atoms with van der Waals surface area (Å²) >= 11 is 5.46. The molecule has 1 unspecified atom stereocenters. The second-order valence-electron chi connectivity index (χ2n) is 5.54. The molecule has 23 heavy (non-hydrogen) atoms. The molecule has 1 atom stereocenters. The van der Waals surface area contributed by atoms with E-state index in [9.17, 15) is 4.79 Å². The number of thiocarbonyl (C=S) groups is 1. The number of rotatable bonds is 5. The molecular formula is C17H24N2O3S. The number of ether oxygens (including phenoxy) is 2. The predicted octanol–water partition coefficient (Wildman–Crippen LogP) is 2.34. The van der Waals surface area contributed by atoms with Crippen LogP contribution in [-0.4, -0.2) is 42.8 Å². The van der Waals surface area contributed by atoms with E-state index in [4.69, 9.17) is 21.7 Å². The van der Waals surface area contributed by atoms with E-state index in [1.807, 2.05) is 31.2 Å². The molecule has 0 aromatic heterocycles. The molecule has 0 aliphatic carbocycles. The van der Waals surface area contributed by atoms with Crippen LogP contribution >= 0.6 is 12.2 Å². The van der Waals surface area contributed by atoms with Crippen molar-refractivity contribution >= 4 is 23.3 Å². The molecule has 0 radical (unpaired) electrons. The lowest BCUT2D eigenvalue weighted by molar-refractivity contribution is -0.149. The lowest BCUT2D eigenvalue weighted by atomic mass is 9.98. The molecule has 2 rings (SSSR count). The van der Waals surface area contributed by atoms with Gasteiger partial charge in [0.25, 0.3) is 0 Å². The third-order valence-corrected chi connectivity index (χ3v) is 4.33. The van der Waals surface area contributed by atoms with E-state index in [-0.39, 0.29) is 11.9 Å². The zero-order valence-corrected chi connectivity index (χ0v) is 14.5. The summed E-state index contributed by atoms with van der Waals surface area (Å²) < 4.78 is 10.3. The van der Waals surface area contributed by atoms with Gasteiger partial charge in [0.05, 0.1) is 19.6 Å². The van der Waals surface area contributed by atoms with Gasteiger partial charge in [-0.1, -0.05) is 12.1 Å². The largest absolute Gasteiger partial charge is 0.497 e. The van der Waals surface area contributed by atoms with Gasteiger partial charge in [0.15, 0.2) is 5.11 Å². The summed E-state index contributed by atoms with van der Waals surface area (Å²) in [5.74, 6) is 0.643. The highest BCUT2D eigenvalue weighted by Gasteiger charge is 2.27. The van der Waals surface area contributed by atoms with Crippen LogP contribution in [0.3, 0.4) is 0 Å². The summed E-state index contributed by atoms with van der Waals surface area (Å²) in [6, 6.07) is 7.87. The van der Waals surface area contributed by atoms with Crippen LogP contribution in [0.1, 0.15) is 25.3 Å². The van der Waals surface area contributed by atoms with Gasteiger partial charge in [-0.15, -0.1) is 0 Å². The van der Waals surface area contributed by atoms with Crippen LogP contribution in [0.5, 0.6) is 5.75 Å². The molecule has 1 fully saturated rings. The zero-order valence-electron chi connectivity index (χ0n) is 13.7.